The number of carbonyl (C=O) groups excluding carboxylic acids is 1. The number of esters is 1. The van der Waals surface area contributed by atoms with E-state index < -0.39 is 0 Å². The minimum Gasteiger partial charge on any atom is -0.454 e. The Hall–Kier alpha value is -0.0600. The Bertz CT molecular complexity index is 174. The summed E-state index contributed by atoms with van der Waals surface area (Å²) in [5.41, 5.74) is 0. The summed E-state index contributed by atoms with van der Waals surface area (Å²) < 4.78 is 6.01. The molecule has 10 heavy (non-hydrogen) atoms. The van der Waals surface area contributed by atoms with E-state index in [4.69, 9.17) is 4.74 Å². The van der Waals surface area contributed by atoms with Gasteiger partial charge in [-0.3, -0.25) is 0 Å². The molecule has 0 radical (unpaired) electrons. The fourth-order valence-electron chi connectivity index (χ4n) is 0.895. The normalized spacial score (nSPS) is 24.4. The highest BCUT2D eigenvalue weighted by atomic mass is 127. The van der Waals surface area contributed by atoms with E-state index in [-0.39, 0.29) is 12.1 Å². The van der Waals surface area contributed by atoms with Gasteiger partial charge in [0.05, 0.1) is 0 Å². The van der Waals surface area contributed by atoms with Gasteiger partial charge in [0.15, 0.2) is 0 Å². The Morgan fingerprint density at radius 3 is 2.90 bits per heavy atom. The van der Waals surface area contributed by atoms with Crippen LogP contribution in [0.1, 0.15) is 19.8 Å². The van der Waals surface area contributed by atoms with Crippen molar-refractivity contribution in [3.63, 3.8) is 0 Å². The van der Waals surface area contributed by atoms with E-state index in [1.54, 1.807) is 6.08 Å². The first-order chi connectivity index (χ1) is 4.74. The van der Waals surface area contributed by atoms with E-state index >= 15 is 0 Å². The summed E-state index contributed by atoms with van der Waals surface area (Å²) in [7, 11) is 0. The predicted molar refractivity (Wildman–Crippen MR) is 46.9 cm³/mol. The first-order valence-corrected chi connectivity index (χ1v) is 4.39. The molecule has 1 heterocycles. The first-order valence-electron chi connectivity index (χ1n) is 3.31. The van der Waals surface area contributed by atoms with Gasteiger partial charge in [-0.1, -0.05) is 13.3 Å². The Morgan fingerprint density at radius 2 is 2.50 bits per heavy atom. The highest BCUT2D eigenvalue weighted by Crippen LogP contribution is 2.24. The van der Waals surface area contributed by atoms with E-state index in [1.807, 2.05) is 0 Å². The van der Waals surface area contributed by atoms with Crippen LogP contribution >= 0.6 is 22.6 Å². The molecule has 0 saturated heterocycles. The molecule has 0 saturated carbocycles. The van der Waals surface area contributed by atoms with Crippen LogP contribution in [0.5, 0.6) is 0 Å². The van der Waals surface area contributed by atoms with E-state index in [1.165, 1.54) is 0 Å². The zero-order valence-corrected chi connectivity index (χ0v) is 7.92. The van der Waals surface area contributed by atoms with Crippen molar-refractivity contribution in [2.24, 2.45) is 0 Å². The quantitative estimate of drug-likeness (QED) is 0.555. The fraction of sp³-hybridized carbons (Fsp3) is 0.571. The van der Waals surface area contributed by atoms with Crippen molar-refractivity contribution < 1.29 is 9.53 Å². The maximum atomic E-state index is 10.6. The van der Waals surface area contributed by atoms with E-state index in [9.17, 15) is 4.79 Å². The summed E-state index contributed by atoms with van der Waals surface area (Å²) in [4.78, 5) is 10.6. The van der Waals surface area contributed by atoms with E-state index in [0.29, 0.717) is 0 Å². The molecule has 0 aliphatic carbocycles. The number of rotatable bonds is 2. The molecule has 1 aliphatic heterocycles. The Morgan fingerprint density at radius 1 is 1.80 bits per heavy atom. The van der Waals surface area contributed by atoms with Crippen LogP contribution in [0.25, 0.3) is 0 Å². The molecule has 3 heteroatoms. The number of halogens is 1. The molecule has 1 rings (SSSR count). The molecular formula is C7H9IO2. The van der Waals surface area contributed by atoms with Crippen molar-refractivity contribution in [1.82, 2.24) is 0 Å². The molecule has 1 atom stereocenters. The molecule has 0 aromatic carbocycles. The van der Waals surface area contributed by atoms with Crippen molar-refractivity contribution in [1.29, 1.82) is 0 Å². The average Bonchev–Trinajstić information content (AvgIpc) is 2.13. The Kier molecular flexibility index (Phi) is 2.71. The molecule has 0 aromatic heterocycles. The monoisotopic (exact) mass is 252 g/mol. The SMILES string of the molecule is CCCC1OC(=O)C=C1I. The maximum absolute atomic E-state index is 10.6. The fourth-order valence-corrected chi connectivity index (χ4v) is 1.59. The van der Waals surface area contributed by atoms with Gasteiger partial charge in [-0.25, -0.2) is 4.79 Å². The third-order valence-corrected chi connectivity index (χ3v) is 2.38. The smallest absolute Gasteiger partial charge is 0.332 e. The largest absolute Gasteiger partial charge is 0.454 e. The highest BCUT2D eigenvalue weighted by molar-refractivity contribution is 14.1. The topological polar surface area (TPSA) is 26.3 Å². The third kappa shape index (κ3) is 1.71. The molecule has 1 unspecified atom stereocenters. The molecule has 0 N–H and O–H groups in total. The summed E-state index contributed by atoms with van der Waals surface area (Å²) in [6, 6.07) is 0. The second-order valence-electron chi connectivity index (χ2n) is 2.24. The lowest BCUT2D eigenvalue weighted by atomic mass is 10.2. The van der Waals surface area contributed by atoms with Crippen LogP contribution in [-0.2, 0) is 9.53 Å². The van der Waals surface area contributed by atoms with Gasteiger partial charge in [0, 0.05) is 9.66 Å². The molecule has 0 aromatic rings. The first kappa shape index (κ1) is 8.04. The Balaban J connectivity index is 2.51. The number of hydrogen-bond acceptors (Lipinski definition) is 2. The maximum Gasteiger partial charge on any atom is 0.332 e. The molecule has 0 amide bonds. The lowest BCUT2D eigenvalue weighted by molar-refractivity contribution is -0.138. The molecular weight excluding hydrogens is 243 g/mol. The molecule has 56 valence electrons. The molecule has 2 nitrogen and oxygen atoms in total. The number of cyclic esters (lactones) is 1. The zero-order valence-electron chi connectivity index (χ0n) is 5.76. The predicted octanol–water partition coefficient (Wildman–Crippen LogP) is 2.03. The van der Waals surface area contributed by atoms with Crippen molar-refractivity contribution in [2.75, 3.05) is 0 Å². The van der Waals surface area contributed by atoms with Crippen LogP contribution in [0.15, 0.2) is 9.66 Å². The van der Waals surface area contributed by atoms with Crippen LogP contribution in [0.2, 0.25) is 0 Å². The lowest BCUT2D eigenvalue weighted by Crippen LogP contribution is -2.08. The van der Waals surface area contributed by atoms with Crippen LogP contribution in [0, 0.1) is 0 Å². The summed E-state index contributed by atoms with van der Waals surface area (Å²) in [6.45, 7) is 2.08. The number of carbonyl (C=O) groups is 1. The van der Waals surface area contributed by atoms with Gasteiger partial charge in [-0.2, -0.15) is 0 Å². The zero-order chi connectivity index (χ0) is 7.56. The summed E-state index contributed by atoms with van der Waals surface area (Å²) >= 11 is 2.15. The summed E-state index contributed by atoms with van der Waals surface area (Å²) in [5.74, 6) is -0.192. The Labute approximate surface area is 73.8 Å². The minimum absolute atomic E-state index is 0.0538. The number of ether oxygens (including phenoxy) is 1. The third-order valence-electron chi connectivity index (χ3n) is 1.37. The van der Waals surface area contributed by atoms with Crippen molar-refractivity contribution in [3.8, 4) is 0 Å². The minimum atomic E-state index is -0.192. The summed E-state index contributed by atoms with van der Waals surface area (Å²) in [6.07, 6.45) is 3.61. The highest BCUT2D eigenvalue weighted by Gasteiger charge is 2.22. The molecule has 0 fully saturated rings. The van der Waals surface area contributed by atoms with Crippen LogP contribution < -0.4 is 0 Å². The van der Waals surface area contributed by atoms with Gasteiger partial charge in [0.25, 0.3) is 0 Å². The van der Waals surface area contributed by atoms with Gasteiger partial charge >= 0.3 is 5.97 Å². The van der Waals surface area contributed by atoms with E-state index in [0.717, 1.165) is 16.4 Å². The molecule has 0 spiro atoms. The van der Waals surface area contributed by atoms with E-state index in [2.05, 4.69) is 29.5 Å². The number of hydrogen-bond donors (Lipinski definition) is 0. The van der Waals surface area contributed by atoms with Crippen LogP contribution in [0.3, 0.4) is 0 Å². The van der Waals surface area contributed by atoms with Gasteiger partial charge < -0.3 is 4.74 Å². The van der Waals surface area contributed by atoms with Crippen LogP contribution in [0.4, 0.5) is 0 Å². The van der Waals surface area contributed by atoms with Gasteiger partial charge in [0.1, 0.15) is 6.10 Å². The van der Waals surface area contributed by atoms with Gasteiger partial charge in [-0.05, 0) is 29.0 Å². The van der Waals surface area contributed by atoms with Gasteiger partial charge in [-0.15, -0.1) is 0 Å². The van der Waals surface area contributed by atoms with Crippen molar-refractivity contribution >= 4 is 28.6 Å². The summed E-state index contributed by atoms with van der Waals surface area (Å²) in [5, 5.41) is 0. The lowest BCUT2D eigenvalue weighted by Gasteiger charge is -2.07. The second-order valence-corrected chi connectivity index (χ2v) is 3.49. The molecule has 0 bridgehead atoms. The molecule has 1 aliphatic rings. The average molecular weight is 252 g/mol. The standard InChI is InChI=1S/C7H9IO2/c1-2-3-6-5(8)4-7(9)10-6/h4,6H,2-3H2,1H3. The van der Waals surface area contributed by atoms with Gasteiger partial charge in [0.2, 0.25) is 0 Å². The van der Waals surface area contributed by atoms with Crippen LogP contribution in [-0.4, -0.2) is 12.1 Å². The second kappa shape index (κ2) is 3.37. The van der Waals surface area contributed by atoms with Crippen molar-refractivity contribution in [3.05, 3.63) is 9.66 Å². The van der Waals surface area contributed by atoms with Crippen molar-refractivity contribution in [2.45, 2.75) is 25.9 Å².